The molecule has 16 heavy (non-hydrogen) atoms. The van der Waals surface area contributed by atoms with Crippen LogP contribution in [0.3, 0.4) is 0 Å². The van der Waals surface area contributed by atoms with Gasteiger partial charge in [-0.2, -0.15) is 0 Å². The lowest BCUT2D eigenvalue weighted by Crippen LogP contribution is -2.14. The van der Waals surface area contributed by atoms with E-state index in [-0.39, 0.29) is 17.8 Å². The molecule has 3 heteroatoms. The van der Waals surface area contributed by atoms with E-state index >= 15 is 0 Å². The normalized spacial score (nSPS) is 22.0. The summed E-state index contributed by atoms with van der Waals surface area (Å²) in [5.41, 5.74) is 0.640. The number of carbonyl (C=O) groups excluding carboxylic acids is 1. The van der Waals surface area contributed by atoms with Crippen LogP contribution >= 0.6 is 0 Å². The molecule has 2 atom stereocenters. The van der Waals surface area contributed by atoms with Crippen molar-refractivity contribution in [3.63, 3.8) is 0 Å². The average molecular weight is 224 g/mol. The zero-order valence-corrected chi connectivity index (χ0v) is 10.5. The van der Waals surface area contributed by atoms with Crippen molar-refractivity contribution in [3.05, 3.63) is 23.7 Å². The van der Waals surface area contributed by atoms with Gasteiger partial charge in [0.05, 0.1) is 12.2 Å². The van der Waals surface area contributed by atoms with Gasteiger partial charge < -0.3 is 9.47 Å². The van der Waals surface area contributed by atoms with Crippen LogP contribution in [-0.4, -0.2) is 12.6 Å². The molecule has 1 aliphatic rings. The van der Waals surface area contributed by atoms with Gasteiger partial charge in [0.1, 0.15) is 11.5 Å². The lowest BCUT2D eigenvalue weighted by atomic mass is 9.96. The van der Waals surface area contributed by atoms with Crippen molar-refractivity contribution in [1.82, 2.24) is 0 Å². The molecule has 0 fully saturated rings. The molecule has 0 aliphatic carbocycles. The van der Waals surface area contributed by atoms with Crippen LogP contribution < -0.4 is 0 Å². The first-order valence-corrected chi connectivity index (χ1v) is 5.80. The van der Waals surface area contributed by atoms with E-state index in [1.807, 2.05) is 13.8 Å². The summed E-state index contributed by atoms with van der Waals surface area (Å²) >= 11 is 0. The van der Waals surface area contributed by atoms with Crippen LogP contribution in [0, 0.1) is 11.8 Å². The highest BCUT2D eigenvalue weighted by molar-refractivity contribution is 5.90. The third-order valence-electron chi connectivity index (χ3n) is 2.98. The number of rotatable bonds is 4. The number of ether oxygens (including phenoxy) is 2. The third-order valence-corrected chi connectivity index (χ3v) is 2.98. The second-order valence-corrected chi connectivity index (χ2v) is 4.10. The fraction of sp³-hybridized carbons (Fsp3) is 0.615. The Hall–Kier alpha value is -1.25. The lowest BCUT2D eigenvalue weighted by Gasteiger charge is -2.11. The topological polar surface area (TPSA) is 35.5 Å². The van der Waals surface area contributed by atoms with E-state index in [2.05, 4.69) is 13.5 Å². The predicted molar refractivity (Wildman–Crippen MR) is 62.5 cm³/mol. The Morgan fingerprint density at radius 2 is 2.19 bits per heavy atom. The average Bonchev–Trinajstić information content (AvgIpc) is 2.55. The van der Waals surface area contributed by atoms with Crippen LogP contribution in [0.5, 0.6) is 0 Å². The standard InChI is InChI=1S/C13H20O3/c1-6-8(3)12-11(13(14)15-7-2)9(4)10(5)16-12/h8-9H,5-7H2,1-4H3. The molecule has 0 saturated heterocycles. The second-order valence-electron chi connectivity index (χ2n) is 4.10. The van der Waals surface area contributed by atoms with Gasteiger partial charge in [0, 0.05) is 11.8 Å². The molecule has 90 valence electrons. The Labute approximate surface area is 97.1 Å². The monoisotopic (exact) mass is 224 g/mol. The molecule has 0 spiro atoms. The quantitative estimate of drug-likeness (QED) is 0.688. The SMILES string of the molecule is C=C1OC(C(C)CC)=C(C(=O)OCC)C1C. The molecular formula is C13H20O3. The Morgan fingerprint density at radius 1 is 1.56 bits per heavy atom. The molecular weight excluding hydrogens is 204 g/mol. The van der Waals surface area contributed by atoms with E-state index in [0.717, 1.165) is 12.2 Å². The van der Waals surface area contributed by atoms with E-state index in [4.69, 9.17) is 9.47 Å². The van der Waals surface area contributed by atoms with E-state index in [1.54, 1.807) is 6.92 Å². The minimum atomic E-state index is -0.274. The van der Waals surface area contributed by atoms with Crippen LogP contribution in [-0.2, 0) is 14.3 Å². The van der Waals surface area contributed by atoms with Gasteiger partial charge in [-0.3, -0.25) is 0 Å². The fourth-order valence-electron chi connectivity index (χ4n) is 1.70. The molecule has 3 nitrogen and oxygen atoms in total. The molecule has 0 aromatic rings. The summed E-state index contributed by atoms with van der Waals surface area (Å²) in [6, 6.07) is 0. The first kappa shape index (κ1) is 12.8. The summed E-state index contributed by atoms with van der Waals surface area (Å²) in [6.07, 6.45) is 0.929. The van der Waals surface area contributed by atoms with E-state index in [0.29, 0.717) is 17.9 Å². The van der Waals surface area contributed by atoms with Crippen molar-refractivity contribution in [2.45, 2.75) is 34.1 Å². The maximum atomic E-state index is 11.8. The van der Waals surface area contributed by atoms with Crippen LogP contribution in [0.4, 0.5) is 0 Å². The Balaban J connectivity index is 3.03. The summed E-state index contributed by atoms with van der Waals surface area (Å²) in [4.78, 5) is 11.8. The number of allylic oxidation sites excluding steroid dienone is 2. The van der Waals surface area contributed by atoms with Gasteiger partial charge in [0.25, 0.3) is 0 Å². The first-order chi connectivity index (χ1) is 7.52. The van der Waals surface area contributed by atoms with Gasteiger partial charge in [0.15, 0.2) is 0 Å². The Morgan fingerprint density at radius 3 is 2.69 bits per heavy atom. The van der Waals surface area contributed by atoms with Gasteiger partial charge in [-0.15, -0.1) is 0 Å². The second kappa shape index (κ2) is 5.19. The Kier molecular flexibility index (Phi) is 4.16. The molecule has 0 amide bonds. The minimum absolute atomic E-state index is 0.0666. The highest BCUT2D eigenvalue weighted by atomic mass is 16.5. The zero-order valence-electron chi connectivity index (χ0n) is 10.5. The van der Waals surface area contributed by atoms with Crippen molar-refractivity contribution in [1.29, 1.82) is 0 Å². The van der Waals surface area contributed by atoms with E-state index in [9.17, 15) is 4.79 Å². The van der Waals surface area contributed by atoms with Crippen molar-refractivity contribution >= 4 is 5.97 Å². The van der Waals surface area contributed by atoms with Gasteiger partial charge in [-0.05, 0) is 13.3 Å². The molecule has 0 aromatic carbocycles. The maximum Gasteiger partial charge on any atom is 0.338 e. The molecule has 1 heterocycles. The van der Waals surface area contributed by atoms with Crippen LogP contribution in [0.1, 0.15) is 34.1 Å². The van der Waals surface area contributed by atoms with Crippen molar-refractivity contribution < 1.29 is 14.3 Å². The molecule has 0 radical (unpaired) electrons. The number of hydrogen-bond donors (Lipinski definition) is 0. The lowest BCUT2D eigenvalue weighted by molar-refractivity contribution is -0.139. The maximum absolute atomic E-state index is 11.8. The molecule has 0 aromatic heterocycles. The first-order valence-electron chi connectivity index (χ1n) is 5.80. The largest absolute Gasteiger partial charge is 0.465 e. The third kappa shape index (κ3) is 2.29. The van der Waals surface area contributed by atoms with Crippen molar-refractivity contribution in [2.24, 2.45) is 11.8 Å². The number of hydrogen-bond acceptors (Lipinski definition) is 3. The smallest absolute Gasteiger partial charge is 0.338 e. The van der Waals surface area contributed by atoms with Gasteiger partial charge in [-0.25, -0.2) is 4.79 Å². The van der Waals surface area contributed by atoms with Crippen LogP contribution in [0.2, 0.25) is 0 Å². The summed E-state index contributed by atoms with van der Waals surface area (Å²) in [5.74, 6) is 1.25. The molecule has 1 rings (SSSR count). The summed E-state index contributed by atoms with van der Waals surface area (Å²) in [6.45, 7) is 12.0. The zero-order chi connectivity index (χ0) is 12.3. The molecule has 1 aliphatic heterocycles. The number of esters is 1. The minimum Gasteiger partial charge on any atom is -0.465 e. The fourth-order valence-corrected chi connectivity index (χ4v) is 1.70. The van der Waals surface area contributed by atoms with Crippen LogP contribution in [0.25, 0.3) is 0 Å². The summed E-state index contributed by atoms with van der Waals surface area (Å²) in [5, 5.41) is 0. The highest BCUT2D eigenvalue weighted by Crippen LogP contribution is 2.38. The van der Waals surface area contributed by atoms with E-state index < -0.39 is 0 Å². The number of carbonyl (C=O) groups is 1. The highest BCUT2D eigenvalue weighted by Gasteiger charge is 2.35. The van der Waals surface area contributed by atoms with Crippen molar-refractivity contribution in [2.75, 3.05) is 6.61 Å². The molecule has 0 N–H and O–H groups in total. The predicted octanol–water partition coefficient (Wildman–Crippen LogP) is 3.03. The molecule has 0 saturated carbocycles. The molecule has 2 unspecified atom stereocenters. The van der Waals surface area contributed by atoms with Gasteiger partial charge in [-0.1, -0.05) is 27.4 Å². The van der Waals surface area contributed by atoms with E-state index in [1.165, 1.54) is 0 Å². The van der Waals surface area contributed by atoms with Crippen LogP contribution in [0.15, 0.2) is 23.7 Å². The van der Waals surface area contributed by atoms with Gasteiger partial charge >= 0.3 is 5.97 Å². The summed E-state index contributed by atoms with van der Waals surface area (Å²) < 4.78 is 10.6. The summed E-state index contributed by atoms with van der Waals surface area (Å²) in [7, 11) is 0. The van der Waals surface area contributed by atoms with Gasteiger partial charge in [0.2, 0.25) is 0 Å². The van der Waals surface area contributed by atoms with Crippen molar-refractivity contribution in [3.8, 4) is 0 Å². The molecule has 0 bridgehead atoms. The Bertz CT molecular complexity index is 328.